The number of anilines is 1. The number of hydrogen-bond donors (Lipinski definition) is 1. The topological polar surface area (TPSA) is 37.8 Å². The maximum atomic E-state index is 13.3. The molecule has 1 aromatic heterocycles. The summed E-state index contributed by atoms with van der Waals surface area (Å²) in [6, 6.07) is 14.9. The van der Waals surface area contributed by atoms with E-state index in [-0.39, 0.29) is 5.82 Å². The van der Waals surface area contributed by atoms with E-state index < -0.39 is 0 Å². The Labute approximate surface area is 153 Å². The van der Waals surface area contributed by atoms with Crippen LogP contribution < -0.4 is 5.32 Å². The monoisotopic (exact) mass is 349 g/mol. The van der Waals surface area contributed by atoms with Crippen molar-refractivity contribution in [3.05, 3.63) is 65.7 Å². The molecule has 0 saturated heterocycles. The number of halogens is 1. The Morgan fingerprint density at radius 1 is 0.962 bits per heavy atom. The fourth-order valence-electron chi connectivity index (χ4n) is 3.79. The lowest BCUT2D eigenvalue weighted by atomic mass is 9.88. The second-order valence-corrected chi connectivity index (χ2v) is 7.09. The van der Waals surface area contributed by atoms with Crippen LogP contribution in [0.25, 0.3) is 10.9 Å². The molecular formula is C22H24FN3. The van der Waals surface area contributed by atoms with Crippen LogP contribution in [-0.2, 0) is 6.42 Å². The van der Waals surface area contributed by atoms with E-state index in [2.05, 4.69) is 17.4 Å². The third-order valence-corrected chi connectivity index (χ3v) is 5.19. The number of aromatic nitrogens is 2. The summed E-state index contributed by atoms with van der Waals surface area (Å²) < 4.78 is 13.3. The highest BCUT2D eigenvalue weighted by atomic mass is 19.1. The van der Waals surface area contributed by atoms with Crippen molar-refractivity contribution in [3.8, 4) is 0 Å². The molecule has 1 N–H and O–H groups in total. The Balaban J connectivity index is 1.56. The van der Waals surface area contributed by atoms with Gasteiger partial charge in [0, 0.05) is 17.8 Å². The largest absolute Gasteiger partial charge is 0.369 e. The number of rotatable bonds is 5. The Morgan fingerprint density at radius 2 is 1.81 bits per heavy atom. The molecular weight excluding hydrogens is 325 g/mol. The summed E-state index contributed by atoms with van der Waals surface area (Å²) in [7, 11) is 0. The predicted octanol–water partition coefficient (Wildman–Crippen LogP) is 5.47. The van der Waals surface area contributed by atoms with Gasteiger partial charge in [-0.15, -0.1) is 0 Å². The van der Waals surface area contributed by atoms with Crippen molar-refractivity contribution in [2.45, 2.75) is 44.4 Å². The fourth-order valence-corrected chi connectivity index (χ4v) is 3.79. The zero-order valence-electron chi connectivity index (χ0n) is 14.9. The van der Waals surface area contributed by atoms with Gasteiger partial charge < -0.3 is 5.32 Å². The molecule has 26 heavy (non-hydrogen) atoms. The molecule has 0 aliphatic heterocycles. The molecule has 0 radical (unpaired) electrons. The van der Waals surface area contributed by atoms with E-state index >= 15 is 0 Å². The minimum absolute atomic E-state index is 0.186. The second-order valence-electron chi connectivity index (χ2n) is 7.09. The molecule has 2 aromatic carbocycles. The van der Waals surface area contributed by atoms with Gasteiger partial charge in [0.1, 0.15) is 17.5 Å². The molecule has 0 bridgehead atoms. The first kappa shape index (κ1) is 17.0. The Kier molecular flexibility index (Phi) is 5.09. The van der Waals surface area contributed by atoms with Crippen LogP contribution in [0.4, 0.5) is 10.2 Å². The van der Waals surface area contributed by atoms with Crippen LogP contribution in [0.5, 0.6) is 0 Å². The van der Waals surface area contributed by atoms with Crippen molar-refractivity contribution in [1.82, 2.24) is 9.97 Å². The van der Waals surface area contributed by atoms with Gasteiger partial charge in [0.15, 0.2) is 0 Å². The van der Waals surface area contributed by atoms with Crippen LogP contribution in [0.2, 0.25) is 0 Å². The normalized spacial score (nSPS) is 15.3. The van der Waals surface area contributed by atoms with Crippen LogP contribution in [-0.4, -0.2) is 16.5 Å². The standard InChI is InChI=1S/C22H24FN3/c23-18-10-6-7-16(15-18)13-14-24-22-19-11-4-5-12-20(19)25-21(26-22)17-8-2-1-3-9-17/h4-7,10-12,15,17H,1-3,8-9,13-14H2,(H,24,25,26). The Hall–Kier alpha value is -2.49. The summed E-state index contributed by atoms with van der Waals surface area (Å²) in [6.45, 7) is 0.717. The van der Waals surface area contributed by atoms with Crippen molar-refractivity contribution in [2.75, 3.05) is 11.9 Å². The second kappa shape index (κ2) is 7.81. The van der Waals surface area contributed by atoms with Gasteiger partial charge in [0.25, 0.3) is 0 Å². The quantitative estimate of drug-likeness (QED) is 0.663. The maximum absolute atomic E-state index is 13.3. The summed E-state index contributed by atoms with van der Waals surface area (Å²) in [5.41, 5.74) is 1.99. The molecule has 1 fully saturated rings. The van der Waals surface area contributed by atoms with E-state index in [0.29, 0.717) is 12.5 Å². The lowest BCUT2D eigenvalue weighted by Crippen LogP contribution is -2.13. The van der Waals surface area contributed by atoms with Gasteiger partial charge in [0.2, 0.25) is 0 Å². The third kappa shape index (κ3) is 3.85. The minimum atomic E-state index is -0.186. The molecule has 3 aromatic rings. The zero-order valence-corrected chi connectivity index (χ0v) is 14.9. The van der Waals surface area contributed by atoms with E-state index in [1.807, 2.05) is 18.2 Å². The van der Waals surface area contributed by atoms with E-state index in [4.69, 9.17) is 9.97 Å². The molecule has 0 amide bonds. The lowest BCUT2D eigenvalue weighted by Gasteiger charge is -2.21. The Bertz CT molecular complexity index is 887. The highest BCUT2D eigenvalue weighted by Crippen LogP contribution is 2.32. The molecule has 0 spiro atoms. The van der Waals surface area contributed by atoms with Crippen LogP contribution in [0.1, 0.15) is 49.4 Å². The molecule has 0 unspecified atom stereocenters. The summed E-state index contributed by atoms with van der Waals surface area (Å²) in [6.07, 6.45) is 6.98. The van der Waals surface area contributed by atoms with Gasteiger partial charge in [-0.3, -0.25) is 0 Å². The number of fused-ring (bicyclic) bond motifs is 1. The summed E-state index contributed by atoms with van der Waals surface area (Å²) in [5.74, 6) is 2.15. The molecule has 4 heteroatoms. The van der Waals surface area contributed by atoms with E-state index in [1.54, 1.807) is 12.1 Å². The average molecular weight is 349 g/mol. The van der Waals surface area contributed by atoms with Crippen LogP contribution in [0, 0.1) is 5.82 Å². The van der Waals surface area contributed by atoms with Crippen molar-refractivity contribution in [2.24, 2.45) is 0 Å². The number of para-hydroxylation sites is 1. The SMILES string of the molecule is Fc1cccc(CCNc2nc(C3CCCCC3)nc3ccccc23)c1. The molecule has 1 heterocycles. The highest BCUT2D eigenvalue weighted by Gasteiger charge is 2.19. The first-order valence-electron chi connectivity index (χ1n) is 9.54. The van der Waals surface area contributed by atoms with Gasteiger partial charge in [-0.1, -0.05) is 43.5 Å². The van der Waals surface area contributed by atoms with Crippen molar-refractivity contribution in [1.29, 1.82) is 0 Å². The molecule has 3 nitrogen and oxygen atoms in total. The highest BCUT2D eigenvalue weighted by molar-refractivity contribution is 5.89. The first-order valence-corrected chi connectivity index (χ1v) is 9.54. The number of hydrogen-bond acceptors (Lipinski definition) is 3. The third-order valence-electron chi connectivity index (χ3n) is 5.19. The molecule has 134 valence electrons. The van der Waals surface area contributed by atoms with Crippen LogP contribution in [0.3, 0.4) is 0 Å². The van der Waals surface area contributed by atoms with Gasteiger partial charge >= 0.3 is 0 Å². The lowest BCUT2D eigenvalue weighted by molar-refractivity contribution is 0.430. The van der Waals surface area contributed by atoms with Crippen LogP contribution >= 0.6 is 0 Å². The van der Waals surface area contributed by atoms with E-state index in [9.17, 15) is 4.39 Å². The summed E-state index contributed by atoms with van der Waals surface area (Å²) in [4.78, 5) is 9.71. The average Bonchev–Trinajstić information content (AvgIpc) is 2.68. The number of nitrogens with one attached hydrogen (secondary N) is 1. The summed E-state index contributed by atoms with van der Waals surface area (Å²) in [5, 5.41) is 4.51. The van der Waals surface area contributed by atoms with Crippen molar-refractivity contribution < 1.29 is 4.39 Å². The van der Waals surface area contributed by atoms with E-state index in [0.717, 1.165) is 34.5 Å². The first-order chi connectivity index (χ1) is 12.8. The molecule has 1 aliphatic rings. The molecule has 4 rings (SSSR count). The number of benzene rings is 2. The van der Waals surface area contributed by atoms with Crippen molar-refractivity contribution >= 4 is 16.7 Å². The smallest absolute Gasteiger partial charge is 0.137 e. The Morgan fingerprint density at radius 3 is 2.65 bits per heavy atom. The molecule has 1 saturated carbocycles. The van der Waals surface area contributed by atoms with Gasteiger partial charge in [-0.2, -0.15) is 0 Å². The van der Waals surface area contributed by atoms with Gasteiger partial charge in [-0.05, 0) is 49.1 Å². The summed E-state index contributed by atoms with van der Waals surface area (Å²) >= 11 is 0. The zero-order chi connectivity index (χ0) is 17.8. The van der Waals surface area contributed by atoms with Gasteiger partial charge in [0.05, 0.1) is 5.52 Å². The molecule has 1 aliphatic carbocycles. The van der Waals surface area contributed by atoms with E-state index in [1.165, 1.54) is 38.2 Å². The van der Waals surface area contributed by atoms with Gasteiger partial charge in [-0.25, -0.2) is 14.4 Å². The predicted molar refractivity (Wildman–Crippen MR) is 104 cm³/mol. The van der Waals surface area contributed by atoms with Crippen LogP contribution in [0.15, 0.2) is 48.5 Å². The van der Waals surface area contributed by atoms with Crippen molar-refractivity contribution in [3.63, 3.8) is 0 Å². The molecule has 0 atom stereocenters. The minimum Gasteiger partial charge on any atom is -0.369 e. The number of nitrogens with zero attached hydrogens (tertiary/aromatic N) is 2. The maximum Gasteiger partial charge on any atom is 0.137 e. The fraction of sp³-hybridized carbons (Fsp3) is 0.364.